The van der Waals surface area contributed by atoms with E-state index in [1.54, 1.807) is 30.3 Å². The van der Waals surface area contributed by atoms with Gasteiger partial charge in [-0.1, -0.05) is 19.9 Å². The number of benzene rings is 1. The second kappa shape index (κ2) is 9.48. The van der Waals surface area contributed by atoms with Crippen molar-refractivity contribution in [2.75, 3.05) is 36.8 Å². The molecule has 1 heterocycles. The number of hydrogen-bond acceptors (Lipinski definition) is 4. The Bertz CT molecular complexity index is 681. The zero-order valence-electron chi connectivity index (χ0n) is 14.5. The number of hydrogen-bond donors (Lipinski definition) is 3. The lowest BCUT2D eigenvalue weighted by Crippen LogP contribution is -2.36. The molecule has 0 radical (unpaired) electrons. The van der Waals surface area contributed by atoms with E-state index in [0.29, 0.717) is 23.5 Å². The highest BCUT2D eigenvalue weighted by Gasteiger charge is 2.08. The summed E-state index contributed by atoms with van der Waals surface area (Å²) in [5.74, 6) is -0.269. The molecular weight excluding hydrogens is 320 g/mol. The molecule has 0 bridgehead atoms. The number of nitrogens with one attached hydrogen (secondary N) is 3. The third-order valence-corrected chi connectivity index (χ3v) is 3.77. The fourth-order valence-corrected chi connectivity index (χ4v) is 2.31. The molecule has 0 spiro atoms. The molecule has 0 aliphatic carbocycles. The van der Waals surface area contributed by atoms with Crippen LogP contribution in [0.2, 0.25) is 0 Å². The van der Waals surface area contributed by atoms with E-state index >= 15 is 0 Å². The van der Waals surface area contributed by atoms with Crippen molar-refractivity contribution in [2.45, 2.75) is 13.8 Å². The second-order valence-electron chi connectivity index (χ2n) is 5.45. The summed E-state index contributed by atoms with van der Waals surface area (Å²) in [5.41, 5.74) is 1.63. The molecule has 0 aliphatic rings. The summed E-state index contributed by atoms with van der Waals surface area (Å²) in [6, 6.07) is 8.28. The number of rotatable bonds is 8. The summed E-state index contributed by atoms with van der Waals surface area (Å²) in [6.45, 7) is 7.47. The number of likely N-dealkylation sites (N-methyl/N-ethyl adjacent to an activating group) is 1. The monoisotopic (exact) mass is 344 g/mol. The summed E-state index contributed by atoms with van der Waals surface area (Å²) in [7, 11) is 0. The number of furan rings is 1. The number of carbonyl (C=O) groups is 2. The Hall–Kier alpha value is -2.80. The molecule has 2 rings (SSSR count). The van der Waals surface area contributed by atoms with E-state index in [9.17, 15) is 9.59 Å². The highest BCUT2D eigenvalue weighted by Crippen LogP contribution is 2.16. The molecule has 25 heavy (non-hydrogen) atoms. The van der Waals surface area contributed by atoms with Gasteiger partial charge in [0.05, 0.1) is 11.8 Å². The van der Waals surface area contributed by atoms with Crippen LogP contribution in [-0.4, -0.2) is 43.0 Å². The average Bonchev–Trinajstić information content (AvgIpc) is 3.14. The minimum absolute atomic E-state index is 0.269. The fourth-order valence-electron chi connectivity index (χ4n) is 2.31. The molecule has 7 heteroatoms. The normalized spacial score (nSPS) is 10.5. The molecule has 0 aliphatic heterocycles. The van der Waals surface area contributed by atoms with Crippen LogP contribution in [0.15, 0.2) is 47.3 Å². The van der Waals surface area contributed by atoms with E-state index in [-0.39, 0.29) is 11.9 Å². The van der Waals surface area contributed by atoms with Crippen molar-refractivity contribution in [3.63, 3.8) is 0 Å². The molecule has 0 saturated carbocycles. The van der Waals surface area contributed by atoms with Crippen molar-refractivity contribution in [3.8, 4) is 0 Å². The topological polar surface area (TPSA) is 86.6 Å². The van der Waals surface area contributed by atoms with Gasteiger partial charge in [-0.2, -0.15) is 0 Å². The standard InChI is InChI=1S/C18H24N4O3/c1-3-22(4-2)10-9-19-18(24)21-16-7-5-6-15(12-16)20-17(23)14-8-11-25-13-14/h5-8,11-13H,3-4,9-10H2,1-2H3,(H,20,23)(H2,19,21,24). The van der Waals surface area contributed by atoms with Crippen LogP contribution >= 0.6 is 0 Å². The molecule has 3 amide bonds. The van der Waals surface area contributed by atoms with Gasteiger partial charge in [-0.05, 0) is 37.4 Å². The van der Waals surface area contributed by atoms with Crippen LogP contribution < -0.4 is 16.0 Å². The van der Waals surface area contributed by atoms with E-state index < -0.39 is 0 Å². The van der Waals surface area contributed by atoms with Gasteiger partial charge in [0.1, 0.15) is 6.26 Å². The first-order chi connectivity index (χ1) is 12.1. The van der Waals surface area contributed by atoms with Crippen LogP contribution in [0, 0.1) is 0 Å². The van der Waals surface area contributed by atoms with Gasteiger partial charge in [0, 0.05) is 24.5 Å². The molecule has 2 aromatic rings. The largest absolute Gasteiger partial charge is 0.472 e. The van der Waals surface area contributed by atoms with Gasteiger partial charge in [-0.15, -0.1) is 0 Å². The Morgan fingerprint density at radius 1 is 1.08 bits per heavy atom. The Labute approximate surface area is 147 Å². The third kappa shape index (κ3) is 5.96. The van der Waals surface area contributed by atoms with Gasteiger partial charge in [-0.3, -0.25) is 4.79 Å². The quantitative estimate of drug-likeness (QED) is 0.687. The molecule has 0 atom stereocenters. The SMILES string of the molecule is CCN(CC)CCNC(=O)Nc1cccc(NC(=O)c2ccoc2)c1. The Morgan fingerprint density at radius 2 is 1.80 bits per heavy atom. The summed E-state index contributed by atoms with van der Waals surface area (Å²) < 4.78 is 4.89. The molecule has 7 nitrogen and oxygen atoms in total. The lowest BCUT2D eigenvalue weighted by Gasteiger charge is -2.18. The molecule has 0 saturated heterocycles. The first kappa shape index (κ1) is 18.5. The van der Waals surface area contributed by atoms with Crippen molar-refractivity contribution >= 4 is 23.3 Å². The summed E-state index contributed by atoms with van der Waals surface area (Å²) in [4.78, 5) is 26.2. The van der Waals surface area contributed by atoms with Crippen LogP contribution in [0.1, 0.15) is 24.2 Å². The van der Waals surface area contributed by atoms with Gasteiger partial charge in [-0.25, -0.2) is 4.79 Å². The second-order valence-corrected chi connectivity index (χ2v) is 5.45. The first-order valence-electron chi connectivity index (χ1n) is 8.33. The van der Waals surface area contributed by atoms with Crippen LogP contribution in [0.3, 0.4) is 0 Å². The Morgan fingerprint density at radius 3 is 2.44 bits per heavy atom. The van der Waals surface area contributed by atoms with Gasteiger partial charge >= 0.3 is 6.03 Å². The van der Waals surface area contributed by atoms with E-state index in [1.165, 1.54) is 12.5 Å². The maximum absolute atomic E-state index is 12.0. The highest BCUT2D eigenvalue weighted by atomic mass is 16.3. The maximum Gasteiger partial charge on any atom is 0.319 e. The predicted octanol–water partition coefficient (Wildman–Crippen LogP) is 3.00. The van der Waals surface area contributed by atoms with E-state index in [2.05, 4.69) is 34.7 Å². The van der Waals surface area contributed by atoms with Crippen LogP contribution in [0.4, 0.5) is 16.2 Å². The lowest BCUT2D eigenvalue weighted by molar-refractivity contribution is 0.102. The Kier molecular flexibility index (Phi) is 7.03. The number of nitrogens with zero attached hydrogens (tertiary/aromatic N) is 1. The minimum atomic E-state index is -0.273. The maximum atomic E-state index is 12.0. The van der Waals surface area contributed by atoms with Crippen molar-refractivity contribution in [1.29, 1.82) is 0 Å². The Balaban J connectivity index is 1.84. The van der Waals surface area contributed by atoms with Crippen LogP contribution in [0.25, 0.3) is 0 Å². The molecule has 1 aromatic heterocycles. The van der Waals surface area contributed by atoms with Gasteiger partial charge in [0.15, 0.2) is 0 Å². The summed E-state index contributed by atoms with van der Waals surface area (Å²) in [5, 5.41) is 8.34. The summed E-state index contributed by atoms with van der Waals surface area (Å²) in [6.07, 6.45) is 2.82. The number of urea groups is 1. The molecule has 3 N–H and O–H groups in total. The van der Waals surface area contributed by atoms with Gasteiger partial charge in [0.25, 0.3) is 5.91 Å². The highest BCUT2D eigenvalue weighted by molar-refractivity contribution is 6.04. The first-order valence-corrected chi connectivity index (χ1v) is 8.33. The van der Waals surface area contributed by atoms with Crippen molar-refractivity contribution in [1.82, 2.24) is 10.2 Å². The van der Waals surface area contributed by atoms with Gasteiger partial charge < -0.3 is 25.3 Å². The van der Waals surface area contributed by atoms with Crippen molar-refractivity contribution in [3.05, 3.63) is 48.4 Å². The number of anilines is 2. The fraction of sp³-hybridized carbons (Fsp3) is 0.333. The van der Waals surface area contributed by atoms with Crippen LogP contribution in [-0.2, 0) is 0 Å². The molecular formula is C18H24N4O3. The molecule has 0 fully saturated rings. The van der Waals surface area contributed by atoms with Crippen molar-refractivity contribution in [2.24, 2.45) is 0 Å². The van der Waals surface area contributed by atoms with E-state index in [0.717, 1.165) is 19.6 Å². The van der Waals surface area contributed by atoms with E-state index in [4.69, 9.17) is 4.42 Å². The lowest BCUT2D eigenvalue weighted by atomic mass is 10.2. The molecule has 0 unspecified atom stereocenters. The van der Waals surface area contributed by atoms with Crippen LogP contribution in [0.5, 0.6) is 0 Å². The third-order valence-electron chi connectivity index (χ3n) is 3.77. The number of amides is 3. The number of carbonyl (C=O) groups excluding carboxylic acids is 2. The minimum Gasteiger partial charge on any atom is -0.472 e. The summed E-state index contributed by atoms with van der Waals surface area (Å²) >= 11 is 0. The van der Waals surface area contributed by atoms with Gasteiger partial charge in [0.2, 0.25) is 0 Å². The predicted molar refractivity (Wildman–Crippen MR) is 97.9 cm³/mol. The zero-order chi connectivity index (χ0) is 18.1. The van der Waals surface area contributed by atoms with Crippen molar-refractivity contribution < 1.29 is 14.0 Å². The molecule has 134 valence electrons. The zero-order valence-corrected chi connectivity index (χ0v) is 14.5. The molecule has 1 aromatic carbocycles. The van der Waals surface area contributed by atoms with E-state index in [1.807, 2.05) is 0 Å². The smallest absolute Gasteiger partial charge is 0.319 e. The average molecular weight is 344 g/mol.